The lowest BCUT2D eigenvalue weighted by molar-refractivity contribution is 0.0488. The Kier molecular flexibility index (Phi) is 7.18. The van der Waals surface area contributed by atoms with E-state index in [1.165, 1.54) is 16.7 Å². The second-order valence-corrected chi connectivity index (χ2v) is 8.31. The molecule has 0 bridgehead atoms. The zero-order chi connectivity index (χ0) is 21.4. The quantitative estimate of drug-likeness (QED) is 0.301. The molecule has 1 aliphatic heterocycles. The highest BCUT2D eigenvalue weighted by Crippen LogP contribution is 2.40. The third-order valence-corrected chi connectivity index (χ3v) is 5.83. The maximum Gasteiger partial charge on any atom is 0.123 e. The predicted molar refractivity (Wildman–Crippen MR) is 126 cm³/mol. The molecule has 0 radical (unpaired) electrons. The minimum absolute atomic E-state index is 0.193. The molecule has 0 N–H and O–H groups in total. The van der Waals surface area contributed by atoms with Crippen molar-refractivity contribution in [1.29, 1.82) is 0 Å². The summed E-state index contributed by atoms with van der Waals surface area (Å²) in [6, 6.07) is 29.8. The van der Waals surface area contributed by atoms with Crippen molar-refractivity contribution in [2.45, 2.75) is 24.9 Å². The van der Waals surface area contributed by atoms with Crippen LogP contribution in [0.5, 0.6) is 5.75 Å². The van der Waals surface area contributed by atoms with Gasteiger partial charge in [-0.25, -0.2) is 0 Å². The maximum atomic E-state index is 6.15. The SMILES string of the molecule is C=CCCOC[C@]1(CN(Cc2ccccc2)Cc2ccccc2)COc2ccccc21. The van der Waals surface area contributed by atoms with E-state index in [0.29, 0.717) is 19.8 Å². The van der Waals surface area contributed by atoms with E-state index in [-0.39, 0.29) is 5.41 Å². The largest absolute Gasteiger partial charge is 0.492 e. The maximum absolute atomic E-state index is 6.15. The van der Waals surface area contributed by atoms with Crippen LogP contribution in [0.25, 0.3) is 0 Å². The standard InChI is InChI=1S/C28H31NO2/c1-2-3-18-30-22-28(23-31-27-17-11-10-16-26(27)28)21-29(19-24-12-6-4-7-13-24)20-25-14-8-5-9-15-25/h2,4-17H,1,3,18-23H2/t28-/m1/s1. The summed E-state index contributed by atoms with van der Waals surface area (Å²) in [5.74, 6) is 0.981. The smallest absolute Gasteiger partial charge is 0.123 e. The minimum Gasteiger partial charge on any atom is -0.492 e. The first-order chi connectivity index (χ1) is 15.3. The molecule has 3 heteroatoms. The lowest BCUT2D eigenvalue weighted by Gasteiger charge is -2.35. The van der Waals surface area contributed by atoms with Gasteiger partial charge in [-0.2, -0.15) is 0 Å². The van der Waals surface area contributed by atoms with Gasteiger partial charge in [-0.05, 0) is 23.6 Å². The Bertz CT molecular complexity index is 916. The van der Waals surface area contributed by atoms with Gasteiger partial charge in [0.05, 0.1) is 18.6 Å². The second kappa shape index (κ2) is 10.4. The number of nitrogens with zero attached hydrogens (tertiary/aromatic N) is 1. The topological polar surface area (TPSA) is 21.7 Å². The number of benzene rings is 3. The average Bonchev–Trinajstić information content (AvgIpc) is 3.17. The Morgan fingerprint density at radius 3 is 2.13 bits per heavy atom. The van der Waals surface area contributed by atoms with Crippen molar-refractivity contribution < 1.29 is 9.47 Å². The summed E-state index contributed by atoms with van der Waals surface area (Å²) in [5, 5.41) is 0. The molecule has 0 amide bonds. The molecular formula is C28H31NO2. The van der Waals surface area contributed by atoms with Crippen LogP contribution in [0.4, 0.5) is 0 Å². The van der Waals surface area contributed by atoms with Crippen LogP contribution in [0.2, 0.25) is 0 Å². The van der Waals surface area contributed by atoms with Gasteiger partial charge in [-0.1, -0.05) is 84.9 Å². The van der Waals surface area contributed by atoms with Gasteiger partial charge < -0.3 is 9.47 Å². The van der Waals surface area contributed by atoms with E-state index in [9.17, 15) is 0 Å². The number of ether oxygens (including phenoxy) is 2. The molecule has 3 aromatic rings. The third-order valence-electron chi connectivity index (χ3n) is 5.83. The molecular weight excluding hydrogens is 382 g/mol. The number of rotatable bonds is 11. The first-order valence-electron chi connectivity index (χ1n) is 11.0. The normalized spacial score (nSPS) is 17.3. The highest BCUT2D eigenvalue weighted by atomic mass is 16.5. The zero-order valence-electron chi connectivity index (χ0n) is 18.1. The molecule has 0 saturated carbocycles. The van der Waals surface area contributed by atoms with Crippen LogP contribution >= 0.6 is 0 Å². The molecule has 0 spiro atoms. The molecule has 0 aliphatic carbocycles. The van der Waals surface area contributed by atoms with Crippen molar-refractivity contribution in [3.8, 4) is 5.75 Å². The highest BCUT2D eigenvalue weighted by molar-refractivity contribution is 5.44. The van der Waals surface area contributed by atoms with Crippen LogP contribution in [0.3, 0.4) is 0 Å². The number of hydrogen-bond donors (Lipinski definition) is 0. The number of fused-ring (bicyclic) bond motifs is 1. The van der Waals surface area contributed by atoms with Crippen molar-refractivity contribution in [3.05, 3.63) is 114 Å². The van der Waals surface area contributed by atoms with Gasteiger partial charge in [0.2, 0.25) is 0 Å². The van der Waals surface area contributed by atoms with Crippen molar-refractivity contribution in [1.82, 2.24) is 4.90 Å². The Morgan fingerprint density at radius 1 is 0.871 bits per heavy atom. The van der Waals surface area contributed by atoms with Crippen LogP contribution in [0, 0.1) is 0 Å². The second-order valence-electron chi connectivity index (χ2n) is 8.31. The molecule has 3 aromatic carbocycles. The van der Waals surface area contributed by atoms with Crippen LogP contribution in [-0.2, 0) is 23.2 Å². The summed E-state index contributed by atoms with van der Waals surface area (Å²) in [4.78, 5) is 2.52. The molecule has 0 fully saturated rings. The molecule has 1 heterocycles. The molecule has 31 heavy (non-hydrogen) atoms. The summed E-state index contributed by atoms with van der Waals surface area (Å²) in [6.45, 7) is 8.40. The first-order valence-corrected chi connectivity index (χ1v) is 11.0. The summed E-state index contributed by atoms with van der Waals surface area (Å²) >= 11 is 0. The fraction of sp³-hybridized carbons (Fsp3) is 0.286. The lowest BCUT2D eigenvalue weighted by Crippen LogP contribution is -2.45. The van der Waals surface area contributed by atoms with Crippen LogP contribution < -0.4 is 4.74 Å². The number of para-hydroxylation sites is 1. The van der Waals surface area contributed by atoms with Crippen molar-refractivity contribution in [3.63, 3.8) is 0 Å². The van der Waals surface area contributed by atoms with Crippen molar-refractivity contribution >= 4 is 0 Å². The van der Waals surface area contributed by atoms with Crippen LogP contribution in [0.1, 0.15) is 23.1 Å². The highest BCUT2D eigenvalue weighted by Gasteiger charge is 2.42. The van der Waals surface area contributed by atoms with Gasteiger partial charge in [0, 0.05) is 25.2 Å². The predicted octanol–water partition coefficient (Wildman–Crippen LogP) is 5.61. The van der Waals surface area contributed by atoms with E-state index in [1.807, 2.05) is 12.1 Å². The molecule has 0 saturated heterocycles. The molecule has 160 valence electrons. The van der Waals surface area contributed by atoms with Gasteiger partial charge in [-0.15, -0.1) is 6.58 Å². The Balaban J connectivity index is 1.61. The van der Waals surface area contributed by atoms with E-state index in [2.05, 4.69) is 90.3 Å². The van der Waals surface area contributed by atoms with E-state index in [4.69, 9.17) is 9.47 Å². The van der Waals surface area contributed by atoms with Gasteiger partial charge >= 0.3 is 0 Å². The van der Waals surface area contributed by atoms with Crippen molar-refractivity contribution in [2.24, 2.45) is 0 Å². The summed E-state index contributed by atoms with van der Waals surface area (Å²) in [7, 11) is 0. The number of hydrogen-bond acceptors (Lipinski definition) is 3. The molecule has 1 atom stereocenters. The minimum atomic E-state index is -0.193. The summed E-state index contributed by atoms with van der Waals surface area (Å²) in [5.41, 5.74) is 3.68. The van der Waals surface area contributed by atoms with E-state index in [1.54, 1.807) is 0 Å². The fourth-order valence-corrected chi connectivity index (χ4v) is 4.33. The Morgan fingerprint density at radius 2 is 1.48 bits per heavy atom. The Labute approximate surface area is 185 Å². The Hall–Kier alpha value is -2.88. The summed E-state index contributed by atoms with van der Waals surface area (Å²) < 4.78 is 12.3. The molecule has 0 aromatic heterocycles. The van der Waals surface area contributed by atoms with Gasteiger partial charge in [0.25, 0.3) is 0 Å². The average molecular weight is 414 g/mol. The molecule has 1 aliphatic rings. The van der Waals surface area contributed by atoms with Gasteiger partial charge in [-0.3, -0.25) is 4.90 Å². The van der Waals surface area contributed by atoms with Crippen molar-refractivity contribution in [2.75, 3.05) is 26.4 Å². The molecule has 3 nitrogen and oxygen atoms in total. The monoisotopic (exact) mass is 413 g/mol. The summed E-state index contributed by atoms with van der Waals surface area (Å²) in [6.07, 6.45) is 2.76. The van der Waals surface area contributed by atoms with Gasteiger partial charge in [0.1, 0.15) is 12.4 Å². The van der Waals surface area contributed by atoms with Crippen LogP contribution in [-0.4, -0.2) is 31.3 Å². The van der Waals surface area contributed by atoms with Gasteiger partial charge in [0.15, 0.2) is 0 Å². The lowest BCUT2D eigenvalue weighted by atomic mass is 9.82. The molecule has 0 unspecified atom stereocenters. The molecule has 4 rings (SSSR count). The fourth-order valence-electron chi connectivity index (χ4n) is 4.33. The van der Waals surface area contributed by atoms with E-state index >= 15 is 0 Å². The van der Waals surface area contributed by atoms with E-state index in [0.717, 1.165) is 31.8 Å². The van der Waals surface area contributed by atoms with E-state index < -0.39 is 0 Å². The third kappa shape index (κ3) is 5.43. The van der Waals surface area contributed by atoms with Crippen LogP contribution in [0.15, 0.2) is 97.6 Å². The zero-order valence-corrected chi connectivity index (χ0v) is 18.1. The first kappa shape index (κ1) is 21.4.